The van der Waals surface area contributed by atoms with Gasteiger partial charge in [-0.3, -0.25) is 0 Å². The van der Waals surface area contributed by atoms with Crippen LogP contribution in [0.3, 0.4) is 0 Å². The van der Waals surface area contributed by atoms with E-state index in [-0.39, 0.29) is 5.75 Å². The number of hydrogen-bond donors (Lipinski definition) is 0. The van der Waals surface area contributed by atoms with E-state index in [1.54, 1.807) is 18.0 Å². The van der Waals surface area contributed by atoms with Crippen LogP contribution in [0.2, 0.25) is 0 Å². The molecule has 2 aromatic rings. The van der Waals surface area contributed by atoms with Gasteiger partial charge in [-0.05, 0) is 12.1 Å². The van der Waals surface area contributed by atoms with Crippen LogP contribution in [0, 0.1) is 11.3 Å². The van der Waals surface area contributed by atoms with E-state index in [0.717, 1.165) is 10.9 Å². The molecular formula is C14H15N3O2S. The molecule has 6 heteroatoms. The van der Waals surface area contributed by atoms with Gasteiger partial charge in [0.2, 0.25) is 0 Å². The molecule has 0 aliphatic carbocycles. The minimum atomic E-state index is -3.02. The maximum Gasteiger partial charge on any atom is 0.149 e. The van der Waals surface area contributed by atoms with E-state index in [4.69, 9.17) is 0 Å². The van der Waals surface area contributed by atoms with Gasteiger partial charge in [0.1, 0.15) is 15.7 Å². The van der Waals surface area contributed by atoms with Crippen LogP contribution in [-0.2, 0) is 9.84 Å². The van der Waals surface area contributed by atoms with Crippen molar-refractivity contribution < 1.29 is 8.42 Å². The first-order valence-electron chi connectivity index (χ1n) is 6.09. The molecule has 20 heavy (non-hydrogen) atoms. The minimum absolute atomic E-state index is 0.0555. The molecule has 0 N–H and O–H groups in total. The summed E-state index contributed by atoms with van der Waals surface area (Å²) in [5.41, 5.74) is 1.27. The minimum Gasteiger partial charge on any atom is -0.359 e. The summed E-state index contributed by atoms with van der Waals surface area (Å²) in [6.45, 7) is 0.342. The lowest BCUT2D eigenvalue weighted by Gasteiger charge is -2.18. The molecule has 0 unspecified atom stereocenters. The summed E-state index contributed by atoms with van der Waals surface area (Å²) in [4.78, 5) is 6.21. The number of hydrogen-bond acceptors (Lipinski definition) is 5. The van der Waals surface area contributed by atoms with Crippen LogP contribution < -0.4 is 4.90 Å². The number of para-hydroxylation sites is 1. The van der Waals surface area contributed by atoms with Crippen molar-refractivity contribution >= 4 is 26.6 Å². The monoisotopic (exact) mass is 289 g/mol. The van der Waals surface area contributed by atoms with E-state index in [2.05, 4.69) is 11.1 Å². The molecule has 0 radical (unpaired) electrons. The number of aromatic nitrogens is 1. The van der Waals surface area contributed by atoms with Crippen LogP contribution in [0.5, 0.6) is 0 Å². The van der Waals surface area contributed by atoms with Crippen LogP contribution >= 0.6 is 0 Å². The molecule has 1 aromatic heterocycles. The van der Waals surface area contributed by atoms with Gasteiger partial charge in [0.05, 0.1) is 22.9 Å². The van der Waals surface area contributed by atoms with Crippen molar-refractivity contribution in [1.29, 1.82) is 5.26 Å². The molecule has 5 nitrogen and oxygen atoms in total. The van der Waals surface area contributed by atoms with Gasteiger partial charge >= 0.3 is 0 Å². The standard InChI is InChI=1S/C14H15N3O2S/c1-17(7-8-20(2,18)19)14-9-11(10-15)12-5-3-4-6-13(12)16-14/h3-6,9H,7-8H2,1-2H3. The first kappa shape index (κ1) is 14.3. The summed E-state index contributed by atoms with van der Waals surface area (Å²) in [6, 6.07) is 11.2. The Morgan fingerprint density at radius 2 is 2.05 bits per heavy atom. The summed E-state index contributed by atoms with van der Waals surface area (Å²) >= 11 is 0. The third kappa shape index (κ3) is 3.25. The zero-order valence-electron chi connectivity index (χ0n) is 11.4. The second-order valence-corrected chi connectivity index (χ2v) is 6.97. The zero-order chi connectivity index (χ0) is 14.8. The SMILES string of the molecule is CN(CCS(C)(=O)=O)c1cc(C#N)c2ccccc2n1. The first-order chi connectivity index (χ1) is 9.40. The van der Waals surface area contributed by atoms with Crippen molar-refractivity contribution in [2.24, 2.45) is 0 Å². The van der Waals surface area contributed by atoms with Gasteiger partial charge in [0, 0.05) is 25.2 Å². The Balaban J connectivity index is 2.38. The molecule has 0 amide bonds. The fourth-order valence-electron chi connectivity index (χ4n) is 1.87. The van der Waals surface area contributed by atoms with Crippen molar-refractivity contribution in [2.45, 2.75) is 0 Å². The lowest BCUT2D eigenvalue weighted by Crippen LogP contribution is -2.25. The molecule has 2 rings (SSSR count). The molecular weight excluding hydrogens is 274 g/mol. The first-order valence-corrected chi connectivity index (χ1v) is 8.15. The normalized spacial score (nSPS) is 11.2. The predicted molar refractivity (Wildman–Crippen MR) is 79.4 cm³/mol. The van der Waals surface area contributed by atoms with Crippen molar-refractivity contribution in [3.8, 4) is 6.07 Å². The molecule has 0 aliphatic rings. The predicted octanol–water partition coefficient (Wildman–Crippen LogP) is 1.59. The highest BCUT2D eigenvalue weighted by Gasteiger charge is 2.10. The van der Waals surface area contributed by atoms with Crippen LogP contribution in [0.1, 0.15) is 5.56 Å². The van der Waals surface area contributed by atoms with E-state index < -0.39 is 9.84 Å². The Morgan fingerprint density at radius 1 is 1.35 bits per heavy atom. The maximum atomic E-state index is 11.2. The molecule has 104 valence electrons. The lowest BCUT2D eigenvalue weighted by atomic mass is 10.1. The van der Waals surface area contributed by atoms with Gasteiger partial charge < -0.3 is 4.90 Å². The second-order valence-electron chi connectivity index (χ2n) is 4.71. The van der Waals surface area contributed by atoms with Gasteiger partial charge in [0.25, 0.3) is 0 Å². The Bertz CT molecular complexity index is 779. The second kappa shape index (κ2) is 5.47. The number of anilines is 1. The van der Waals surface area contributed by atoms with Crippen LogP contribution in [0.15, 0.2) is 30.3 Å². The highest BCUT2D eigenvalue weighted by Crippen LogP contribution is 2.21. The third-order valence-corrected chi connectivity index (χ3v) is 3.94. The molecule has 0 saturated heterocycles. The average Bonchev–Trinajstić information content (AvgIpc) is 2.42. The topological polar surface area (TPSA) is 74.1 Å². The van der Waals surface area contributed by atoms with Crippen LogP contribution in [0.25, 0.3) is 10.9 Å². The molecule has 1 aromatic carbocycles. The number of nitrogens with zero attached hydrogens (tertiary/aromatic N) is 3. The van der Waals surface area contributed by atoms with E-state index in [0.29, 0.717) is 17.9 Å². The van der Waals surface area contributed by atoms with Crippen molar-refractivity contribution in [3.05, 3.63) is 35.9 Å². The van der Waals surface area contributed by atoms with E-state index in [9.17, 15) is 13.7 Å². The largest absolute Gasteiger partial charge is 0.359 e. The van der Waals surface area contributed by atoms with Crippen molar-refractivity contribution in [2.75, 3.05) is 30.5 Å². The third-order valence-electron chi connectivity index (χ3n) is 3.01. The van der Waals surface area contributed by atoms with Gasteiger partial charge in [-0.25, -0.2) is 13.4 Å². The number of rotatable bonds is 4. The number of nitriles is 1. The zero-order valence-corrected chi connectivity index (χ0v) is 12.2. The summed E-state index contributed by atoms with van der Waals surface area (Å²) in [6.07, 6.45) is 1.20. The molecule has 0 spiro atoms. The Labute approximate surface area is 118 Å². The fourth-order valence-corrected chi connectivity index (χ4v) is 2.47. The van der Waals surface area contributed by atoms with Crippen molar-refractivity contribution in [1.82, 2.24) is 4.98 Å². The van der Waals surface area contributed by atoms with E-state index in [1.165, 1.54) is 6.26 Å². The summed E-state index contributed by atoms with van der Waals surface area (Å²) in [7, 11) is -1.25. The summed E-state index contributed by atoms with van der Waals surface area (Å²) < 4.78 is 22.4. The lowest BCUT2D eigenvalue weighted by molar-refractivity contribution is 0.601. The Morgan fingerprint density at radius 3 is 2.70 bits per heavy atom. The van der Waals surface area contributed by atoms with Gasteiger partial charge in [-0.1, -0.05) is 18.2 Å². The van der Waals surface area contributed by atoms with Gasteiger partial charge in [-0.15, -0.1) is 0 Å². The quantitative estimate of drug-likeness (QED) is 0.854. The number of benzene rings is 1. The van der Waals surface area contributed by atoms with Crippen molar-refractivity contribution in [3.63, 3.8) is 0 Å². The summed E-state index contributed by atoms with van der Waals surface area (Å²) in [5, 5.41) is 10.0. The van der Waals surface area contributed by atoms with Gasteiger partial charge in [-0.2, -0.15) is 5.26 Å². The number of sulfone groups is 1. The Hall–Kier alpha value is -2.13. The highest BCUT2D eigenvalue weighted by molar-refractivity contribution is 7.90. The molecule has 0 fully saturated rings. The smallest absolute Gasteiger partial charge is 0.149 e. The van der Waals surface area contributed by atoms with Crippen LogP contribution in [-0.4, -0.2) is 39.0 Å². The molecule has 0 atom stereocenters. The summed E-state index contributed by atoms with van der Waals surface area (Å²) in [5.74, 6) is 0.656. The number of fused-ring (bicyclic) bond motifs is 1. The fraction of sp³-hybridized carbons (Fsp3) is 0.286. The highest BCUT2D eigenvalue weighted by atomic mass is 32.2. The number of pyridine rings is 1. The van der Waals surface area contributed by atoms with E-state index >= 15 is 0 Å². The molecule has 0 bridgehead atoms. The van der Waals surface area contributed by atoms with E-state index in [1.807, 2.05) is 24.3 Å². The average molecular weight is 289 g/mol. The maximum absolute atomic E-state index is 11.2. The van der Waals surface area contributed by atoms with Crippen LogP contribution in [0.4, 0.5) is 5.82 Å². The molecule has 0 saturated carbocycles. The Kier molecular flexibility index (Phi) is 3.91. The molecule has 1 heterocycles. The van der Waals surface area contributed by atoms with Gasteiger partial charge in [0.15, 0.2) is 0 Å². The molecule has 0 aliphatic heterocycles.